The minimum atomic E-state index is -1.37. The second kappa shape index (κ2) is 11.2. The Morgan fingerprint density at radius 2 is 1.80 bits per heavy atom. The van der Waals surface area contributed by atoms with Crippen LogP contribution < -0.4 is 21.7 Å². The normalized spacial score (nSPS) is 11.1. The zero-order chi connectivity index (χ0) is 21.9. The monoisotopic (exact) mass is 411 g/mol. The van der Waals surface area contributed by atoms with Crippen LogP contribution in [0.25, 0.3) is 0 Å². The maximum atomic E-state index is 12.5. The number of rotatable bonds is 10. The van der Waals surface area contributed by atoms with Gasteiger partial charge < -0.3 is 26.4 Å². The van der Waals surface area contributed by atoms with Crippen molar-refractivity contribution >= 4 is 29.3 Å². The van der Waals surface area contributed by atoms with E-state index in [1.807, 2.05) is 30.3 Å². The van der Waals surface area contributed by atoms with Gasteiger partial charge in [-0.05, 0) is 24.6 Å². The van der Waals surface area contributed by atoms with Crippen molar-refractivity contribution in [2.45, 2.75) is 19.5 Å². The molecule has 0 aliphatic heterocycles. The van der Waals surface area contributed by atoms with E-state index in [0.29, 0.717) is 17.8 Å². The van der Waals surface area contributed by atoms with Crippen LogP contribution in [0.15, 0.2) is 54.6 Å². The Bertz CT molecular complexity index is 901. The fourth-order valence-corrected chi connectivity index (χ4v) is 2.53. The summed E-state index contributed by atoms with van der Waals surface area (Å²) in [6, 6.07) is 14.4. The van der Waals surface area contributed by atoms with Gasteiger partial charge in [0.1, 0.15) is 5.84 Å². The SMILES string of the molecule is CCOC(=O)C(Nc1cccc(C(=N)N)c1)C(=O)NCC(=O)NCc1ccccc1. The van der Waals surface area contributed by atoms with E-state index in [-0.39, 0.29) is 19.0 Å². The van der Waals surface area contributed by atoms with Gasteiger partial charge in [-0.15, -0.1) is 0 Å². The number of esters is 1. The number of nitrogens with two attached hydrogens (primary N) is 1. The van der Waals surface area contributed by atoms with Gasteiger partial charge in [0, 0.05) is 17.8 Å². The topological polar surface area (TPSA) is 146 Å². The Labute approximate surface area is 174 Å². The van der Waals surface area contributed by atoms with Crippen molar-refractivity contribution in [2.24, 2.45) is 5.73 Å². The molecule has 0 saturated heterocycles. The zero-order valence-corrected chi connectivity index (χ0v) is 16.6. The molecule has 0 fully saturated rings. The highest BCUT2D eigenvalue weighted by Crippen LogP contribution is 2.12. The number of carbonyl (C=O) groups is 3. The Morgan fingerprint density at radius 3 is 2.47 bits per heavy atom. The summed E-state index contributed by atoms with van der Waals surface area (Å²) < 4.78 is 4.96. The van der Waals surface area contributed by atoms with Gasteiger partial charge in [-0.2, -0.15) is 0 Å². The Balaban J connectivity index is 1.97. The first-order chi connectivity index (χ1) is 14.4. The van der Waals surface area contributed by atoms with E-state index < -0.39 is 23.8 Å². The van der Waals surface area contributed by atoms with E-state index in [1.54, 1.807) is 25.1 Å². The van der Waals surface area contributed by atoms with E-state index in [1.165, 1.54) is 6.07 Å². The molecule has 6 N–H and O–H groups in total. The lowest BCUT2D eigenvalue weighted by Crippen LogP contribution is -2.48. The fourth-order valence-electron chi connectivity index (χ4n) is 2.53. The van der Waals surface area contributed by atoms with Crippen molar-refractivity contribution in [3.63, 3.8) is 0 Å². The van der Waals surface area contributed by atoms with Crippen molar-refractivity contribution in [1.29, 1.82) is 5.41 Å². The quantitative estimate of drug-likeness (QED) is 0.169. The summed E-state index contributed by atoms with van der Waals surface area (Å²) >= 11 is 0. The van der Waals surface area contributed by atoms with Gasteiger partial charge in [0.05, 0.1) is 13.2 Å². The third kappa shape index (κ3) is 6.93. The number of ether oxygens (including phenoxy) is 1. The number of hydrogen-bond donors (Lipinski definition) is 5. The average molecular weight is 411 g/mol. The van der Waals surface area contributed by atoms with Gasteiger partial charge in [-0.1, -0.05) is 42.5 Å². The number of carbonyl (C=O) groups excluding carboxylic acids is 3. The molecule has 0 bridgehead atoms. The molecule has 2 aromatic rings. The molecular formula is C21H25N5O4. The molecular weight excluding hydrogens is 386 g/mol. The van der Waals surface area contributed by atoms with Crippen LogP contribution in [0.1, 0.15) is 18.1 Å². The van der Waals surface area contributed by atoms with E-state index in [4.69, 9.17) is 15.9 Å². The van der Waals surface area contributed by atoms with Crippen LogP contribution in [-0.2, 0) is 25.7 Å². The molecule has 1 unspecified atom stereocenters. The summed E-state index contributed by atoms with van der Waals surface area (Å²) in [5, 5.41) is 15.4. The highest BCUT2D eigenvalue weighted by Gasteiger charge is 2.28. The molecule has 0 heterocycles. The minimum Gasteiger partial charge on any atom is -0.464 e. The molecule has 0 aromatic heterocycles. The van der Waals surface area contributed by atoms with Gasteiger partial charge in [-0.3, -0.25) is 15.0 Å². The molecule has 2 aromatic carbocycles. The van der Waals surface area contributed by atoms with Crippen LogP contribution >= 0.6 is 0 Å². The summed E-state index contributed by atoms with van der Waals surface area (Å²) in [4.78, 5) is 36.8. The van der Waals surface area contributed by atoms with E-state index >= 15 is 0 Å². The van der Waals surface area contributed by atoms with E-state index in [0.717, 1.165) is 5.56 Å². The number of hydrogen-bond acceptors (Lipinski definition) is 6. The van der Waals surface area contributed by atoms with Crippen LogP contribution in [0.3, 0.4) is 0 Å². The molecule has 0 spiro atoms. The van der Waals surface area contributed by atoms with Gasteiger partial charge in [0.25, 0.3) is 5.91 Å². The van der Waals surface area contributed by atoms with Crippen LogP contribution in [0, 0.1) is 5.41 Å². The number of anilines is 1. The molecule has 9 nitrogen and oxygen atoms in total. The maximum absolute atomic E-state index is 12.5. The van der Waals surface area contributed by atoms with Crippen molar-refractivity contribution < 1.29 is 19.1 Å². The fraction of sp³-hybridized carbons (Fsp3) is 0.238. The smallest absolute Gasteiger partial charge is 0.338 e. The predicted molar refractivity (Wildman–Crippen MR) is 113 cm³/mol. The molecule has 2 amide bonds. The second-order valence-corrected chi connectivity index (χ2v) is 6.30. The molecule has 9 heteroatoms. The van der Waals surface area contributed by atoms with E-state index in [9.17, 15) is 14.4 Å². The number of nitrogen functional groups attached to an aromatic ring is 1. The highest BCUT2D eigenvalue weighted by molar-refractivity contribution is 6.05. The van der Waals surface area contributed by atoms with Crippen LogP contribution in [0.4, 0.5) is 5.69 Å². The Morgan fingerprint density at radius 1 is 1.07 bits per heavy atom. The molecule has 30 heavy (non-hydrogen) atoms. The second-order valence-electron chi connectivity index (χ2n) is 6.30. The Kier molecular flexibility index (Phi) is 8.37. The molecule has 0 saturated carbocycles. The predicted octanol–water partition coefficient (Wildman–Crippen LogP) is 0.747. The minimum absolute atomic E-state index is 0.0926. The lowest BCUT2D eigenvalue weighted by molar-refractivity contribution is -0.147. The van der Waals surface area contributed by atoms with Crippen molar-refractivity contribution in [1.82, 2.24) is 10.6 Å². The molecule has 0 aliphatic rings. The number of benzene rings is 2. The van der Waals surface area contributed by atoms with Gasteiger partial charge in [0.15, 0.2) is 0 Å². The number of amidine groups is 1. The first-order valence-electron chi connectivity index (χ1n) is 9.36. The lowest BCUT2D eigenvalue weighted by Gasteiger charge is -2.18. The van der Waals surface area contributed by atoms with Gasteiger partial charge >= 0.3 is 5.97 Å². The van der Waals surface area contributed by atoms with Crippen molar-refractivity contribution in [3.8, 4) is 0 Å². The summed E-state index contributed by atoms with van der Waals surface area (Å²) in [6.45, 7) is 1.75. The van der Waals surface area contributed by atoms with Crippen molar-refractivity contribution in [3.05, 3.63) is 65.7 Å². The standard InChI is InChI=1S/C21H25N5O4/c1-2-30-21(29)18(26-16-10-6-9-15(11-16)19(22)23)20(28)25-13-17(27)24-12-14-7-4-3-5-8-14/h3-11,18,26H,2,12-13H2,1H3,(H3,22,23)(H,24,27)(H,25,28). The molecule has 1 atom stereocenters. The van der Waals surface area contributed by atoms with Crippen molar-refractivity contribution in [2.75, 3.05) is 18.5 Å². The molecule has 158 valence electrons. The first kappa shape index (κ1) is 22.4. The summed E-state index contributed by atoms with van der Waals surface area (Å²) in [5.74, 6) is -2.04. The summed E-state index contributed by atoms with van der Waals surface area (Å²) in [7, 11) is 0. The Hall–Kier alpha value is -3.88. The average Bonchev–Trinajstić information content (AvgIpc) is 2.75. The molecule has 0 aliphatic carbocycles. The summed E-state index contributed by atoms with van der Waals surface area (Å²) in [6.07, 6.45) is 0. The van der Waals surface area contributed by atoms with Crippen LogP contribution in [-0.4, -0.2) is 42.8 Å². The van der Waals surface area contributed by atoms with Gasteiger partial charge in [0.2, 0.25) is 11.9 Å². The third-order valence-electron chi connectivity index (χ3n) is 4.02. The maximum Gasteiger partial charge on any atom is 0.338 e. The van der Waals surface area contributed by atoms with E-state index in [2.05, 4.69) is 16.0 Å². The molecule has 0 radical (unpaired) electrons. The number of amides is 2. The summed E-state index contributed by atoms with van der Waals surface area (Å²) in [5.41, 5.74) is 7.24. The number of nitrogens with one attached hydrogen (secondary N) is 4. The zero-order valence-electron chi connectivity index (χ0n) is 16.6. The van der Waals surface area contributed by atoms with Crippen LogP contribution in [0.2, 0.25) is 0 Å². The van der Waals surface area contributed by atoms with Gasteiger partial charge in [-0.25, -0.2) is 4.79 Å². The lowest BCUT2D eigenvalue weighted by atomic mass is 10.1. The first-order valence-corrected chi connectivity index (χ1v) is 9.36. The van der Waals surface area contributed by atoms with Crippen LogP contribution in [0.5, 0.6) is 0 Å². The third-order valence-corrected chi connectivity index (χ3v) is 4.02. The highest BCUT2D eigenvalue weighted by atomic mass is 16.5. The largest absolute Gasteiger partial charge is 0.464 e. The molecule has 2 rings (SSSR count).